The molecule has 1 saturated heterocycles. The Hall–Kier alpha value is -2.04. The Kier molecular flexibility index (Phi) is 3.82. The summed E-state index contributed by atoms with van der Waals surface area (Å²) in [5, 5.41) is 6.42. The van der Waals surface area contributed by atoms with Gasteiger partial charge in [0, 0.05) is 38.3 Å². The van der Waals surface area contributed by atoms with E-state index in [0.29, 0.717) is 6.54 Å². The number of para-hydroxylation sites is 1. The minimum atomic E-state index is -0.105. The Morgan fingerprint density at radius 2 is 1.95 bits per heavy atom. The molecule has 0 spiro atoms. The molecular formula is C16H21N3O2. The van der Waals surface area contributed by atoms with Crippen molar-refractivity contribution < 1.29 is 9.59 Å². The monoisotopic (exact) mass is 287 g/mol. The van der Waals surface area contributed by atoms with Crippen LogP contribution in [-0.2, 0) is 9.59 Å². The number of piperidine rings is 1. The molecule has 3 rings (SSSR count). The summed E-state index contributed by atoms with van der Waals surface area (Å²) in [6.45, 7) is 3.73. The molecule has 0 aromatic heterocycles. The second-order valence-corrected chi connectivity index (χ2v) is 5.81. The minimum absolute atomic E-state index is 0.0914. The number of hydrogen-bond donors (Lipinski definition) is 2. The number of benzene rings is 1. The molecule has 112 valence electrons. The van der Waals surface area contributed by atoms with Crippen molar-refractivity contribution in [1.29, 1.82) is 0 Å². The highest BCUT2D eigenvalue weighted by atomic mass is 16.2. The molecule has 1 unspecified atom stereocenters. The number of nitrogens with one attached hydrogen (secondary N) is 2. The highest BCUT2D eigenvalue weighted by Gasteiger charge is 2.30. The van der Waals surface area contributed by atoms with Gasteiger partial charge < -0.3 is 15.5 Å². The number of carbonyl (C=O) groups excluding carboxylic acids is 2. The summed E-state index contributed by atoms with van der Waals surface area (Å²) >= 11 is 0. The topological polar surface area (TPSA) is 61.4 Å². The first kappa shape index (κ1) is 13.9. The number of likely N-dealkylation sites (tertiary alicyclic amines) is 1. The van der Waals surface area contributed by atoms with E-state index in [2.05, 4.69) is 10.6 Å². The predicted molar refractivity (Wildman–Crippen MR) is 81.1 cm³/mol. The molecule has 5 heteroatoms. The molecular weight excluding hydrogens is 266 g/mol. The van der Waals surface area contributed by atoms with Crippen LogP contribution in [0.2, 0.25) is 0 Å². The lowest BCUT2D eigenvalue weighted by molar-refractivity contribution is -0.130. The largest absolute Gasteiger partial charge is 0.384 e. The second kappa shape index (κ2) is 5.76. The lowest BCUT2D eigenvalue weighted by atomic mass is 9.98. The summed E-state index contributed by atoms with van der Waals surface area (Å²) in [7, 11) is 0. The summed E-state index contributed by atoms with van der Waals surface area (Å²) < 4.78 is 0. The highest BCUT2D eigenvalue weighted by molar-refractivity contribution is 5.88. The Bertz CT molecular complexity index is 550. The van der Waals surface area contributed by atoms with Gasteiger partial charge in [-0.1, -0.05) is 18.2 Å². The van der Waals surface area contributed by atoms with E-state index in [4.69, 9.17) is 0 Å². The molecule has 0 bridgehead atoms. The van der Waals surface area contributed by atoms with Crippen LogP contribution in [0.15, 0.2) is 24.3 Å². The second-order valence-electron chi connectivity index (χ2n) is 5.81. The summed E-state index contributed by atoms with van der Waals surface area (Å²) in [5.41, 5.74) is 2.14. The molecule has 0 aliphatic carbocycles. The number of fused-ring (bicyclic) bond motifs is 1. The smallest absolute Gasteiger partial charge is 0.229 e. The van der Waals surface area contributed by atoms with Crippen molar-refractivity contribution in [3.8, 4) is 0 Å². The zero-order chi connectivity index (χ0) is 14.8. The maximum atomic E-state index is 12.5. The fourth-order valence-corrected chi connectivity index (χ4v) is 3.16. The van der Waals surface area contributed by atoms with Crippen molar-refractivity contribution in [2.45, 2.75) is 31.7 Å². The van der Waals surface area contributed by atoms with Gasteiger partial charge in [-0.25, -0.2) is 0 Å². The molecule has 2 N–H and O–H groups in total. The van der Waals surface area contributed by atoms with Crippen molar-refractivity contribution >= 4 is 17.5 Å². The number of rotatable bonds is 2. The van der Waals surface area contributed by atoms with Crippen LogP contribution in [0.3, 0.4) is 0 Å². The molecule has 2 aliphatic rings. The molecule has 5 nitrogen and oxygen atoms in total. The number of anilines is 1. The van der Waals surface area contributed by atoms with Gasteiger partial charge in [-0.2, -0.15) is 0 Å². The molecule has 1 atom stereocenters. The van der Waals surface area contributed by atoms with E-state index >= 15 is 0 Å². The van der Waals surface area contributed by atoms with Gasteiger partial charge >= 0.3 is 0 Å². The molecule has 1 aromatic carbocycles. The third-order valence-corrected chi connectivity index (χ3v) is 4.44. The van der Waals surface area contributed by atoms with E-state index < -0.39 is 0 Å². The van der Waals surface area contributed by atoms with Crippen LogP contribution in [0.4, 0.5) is 5.69 Å². The number of hydrogen-bond acceptors (Lipinski definition) is 3. The van der Waals surface area contributed by atoms with Crippen molar-refractivity contribution in [2.24, 2.45) is 0 Å². The van der Waals surface area contributed by atoms with Crippen LogP contribution in [0, 0.1) is 0 Å². The summed E-state index contributed by atoms with van der Waals surface area (Å²) in [6.07, 6.45) is 1.68. The highest BCUT2D eigenvalue weighted by Crippen LogP contribution is 2.31. The molecule has 0 radical (unpaired) electrons. The van der Waals surface area contributed by atoms with Gasteiger partial charge in [0.25, 0.3) is 0 Å². The zero-order valence-corrected chi connectivity index (χ0v) is 12.3. The van der Waals surface area contributed by atoms with Crippen LogP contribution in [-0.4, -0.2) is 42.4 Å². The third-order valence-electron chi connectivity index (χ3n) is 4.44. The van der Waals surface area contributed by atoms with E-state index in [-0.39, 0.29) is 23.8 Å². The summed E-state index contributed by atoms with van der Waals surface area (Å²) in [6, 6.07) is 8.15. The first-order valence-corrected chi connectivity index (χ1v) is 7.54. The molecule has 2 amide bonds. The average Bonchev–Trinajstić information content (AvgIpc) is 2.92. The van der Waals surface area contributed by atoms with Gasteiger partial charge in [-0.15, -0.1) is 0 Å². The maximum absolute atomic E-state index is 12.5. The Balaban J connectivity index is 1.57. The molecule has 0 saturated carbocycles. The molecule has 2 heterocycles. The first-order chi connectivity index (χ1) is 10.1. The molecule has 2 aliphatic heterocycles. The standard InChI is InChI=1S/C16H21N3O2/c1-11(20)19-8-6-12(7-9-19)18-16(21)14-10-17-15-5-3-2-4-13(14)15/h2-5,12,14,17H,6-10H2,1H3,(H,18,21). The van der Waals surface area contributed by atoms with Gasteiger partial charge in [-0.05, 0) is 24.5 Å². The van der Waals surface area contributed by atoms with E-state index in [1.54, 1.807) is 6.92 Å². The maximum Gasteiger partial charge on any atom is 0.229 e. The number of carbonyl (C=O) groups is 2. The fraction of sp³-hybridized carbons (Fsp3) is 0.500. The lowest BCUT2D eigenvalue weighted by Gasteiger charge is -2.32. The lowest BCUT2D eigenvalue weighted by Crippen LogP contribution is -2.47. The van der Waals surface area contributed by atoms with E-state index in [9.17, 15) is 9.59 Å². The van der Waals surface area contributed by atoms with Crippen LogP contribution in [0.25, 0.3) is 0 Å². The summed E-state index contributed by atoms with van der Waals surface area (Å²) in [4.78, 5) is 25.6. The van der Waals surface area contributed by atoms with Crippen LogP contribution < -0.4 is 10.6 Å². The Labute approximate surface area is 124 Å². The zero-order valence-electron chi connectivity index (χ0n) is 12.3. The van der Waals surface area contributed by atoms with Crippen molar-refractivity contribution in [2.75, 3.05) is 25.0 Å². The van der Waals surface area contributed by atoms with E-state index in [1.807, 2.05) is 29.2 Å². The predicted octanol–water partition coefficient (Wildman–Crippen LogP) is 1.32. The summed E-state index contributed by atoms with van der Waals surface area (Å²) in [5.74, 6) is 0.106. The van der Waals surface area contributed by atoms with Crippen molar-refractivity contribution in [1.82, 2.24) is 10.2 Å². The Morgan fingerprint density at radius 1 is 1.24 bits per heavy atom. The van der Waals surface area contributed by atoms with Gasteiger partial charge in [0.1, 0.15) is 0 Å². The quantitative estimate of drug-likeness (QED) is 0.862. The Morgan fingerprint density at radius 3 is 2.67 bits per heavy atom. The van der Waals surface area contributed by atoms with Gasteiger partial charge in [0.05, 0.1) is 5.92 Å². The van der Waals surface area contributed by atoms with Gasteiger partial charge in [-0.3, -0.25) is 9.59 Å². The van der Waals surface area contributed by atoms with Gasteiger partial charge in [0.2, 0.25) is 11.8 Å². The van der Waals surface area contributed by atoms with E-state index in [0.717, 1.165) is 37.2 Å². The molecule has 1 fully saturated rings. The minimum Gasteiger partial charge on any atom is -0.384 e. The van der Waals surface area contributed by atoms with Crippen LogP contribution in [0.5, 0.6) is 0 Å². The van der Waals surface area contributed by atoms with Gasteiger partial charge in [0.15, 0.2) is 0 Å². The number of amides is 2. The third kappa shape index (κ3) is 2.86. The fourth-order valence-electron chi connectivity index (χ4n) is 3.16. The van der Waals surface area contributed by atoms with Crippen molar-refractivity contribution in [3.63, 3.8) is 0 Å². The average molecular weight is 287 g/mol. The van der Waals surface area contributed by atoms with Crippen molar-refractivity contribution in [3.05, 3.63) is 29.8 Å². The van der Waals surface area contributed by atoms with E-state index in [1.165, 1.54) is 0 Å². The van der Waals surface area contributed by atoms with Crippen LogP contribution >= 0.6 is 0 Å². The normalized spacial score (nSPS) is 21.6. The van der Waals surface area contributed by atoms with Crippen LogP contribution in [0.1, 0.15) is 31.2 Å². The number of nitrogens with zero attached hydrogens (tertiary/aromatic N) is 1. The SMILES string of the molecule is CC(=O)N1CCC(NC(=O)C2CNc3ccccc32)CC1. The first-order valence-electron chi connectivity index (χ1n) is 7.54. The molecule has 21 heavy (non-hydrogen) atoms. The molecule has 1 aromatic rings.